The van der Waals surface area contributed by atoms with E-state index in [1.54, 1.807) is 13.8 Å². The summed E-state index contributed by atoms with van der Waals surface area (Å²) < 4.78 is 0. The first-order valence-electron chi connectivity index (χ1n) is 4.79. The Morgan fingerprint density at radius 2 is 2.12 bits per heavy atom. The molecular formula is C9H13N3O3S. The predicted octanol–water partition coefficient (Wildman–Crippen LogP) is 1.29. The fraction of sp³-hybridized carbons (Fsp3) is 0.556. The standard InChI is InChI=1S/C9H13N3O3S/c1-5(4-8(14)15)3-7(13)10-9-12-11-6(2)16-9/h5H,3-4H2,1-2H3,(H,14,15)(H,10,12,13). The molecule has 0 aliphatic heterocycles. The van der Waals surface area contributed by atoms with Crippen LogP contribution in [0.1, 0.15) is 24.8 Å². The van der Waals surface area contributed by atoms with Crippen LogP contribution in [0.4, 0.5) is 5.13 Å². The molecule has 1 unspecified atom stereocenters. The lowest BCUT2D eigenvalue weighted by molar-refractivity contribution is -0.138. The van der Waals surface area contributed by atoms with Gasteiger partial charge in [-0.25, -0.2) is 0 Å². The summed E-state index contributed by atoms with van der Waals surface area (Å²) in [6.45, 7) is 3.51. The van der Waals surface area contributed by atoms with Gasteiger partial charge < -0.3 is 10.4 Å². The van der Waals surface area contributed by atoms with Gasteiger partial charge in [-0.05, 0) is 12.8 Å². The van der Waals surface area contributed by atoms with Gasteiger partial charge in [0.25, 0.3) is 0 Å². The maximum Gasteiger partial charge on any atom is 0.303 e. The highest BCUT2D eigenvalue weighted by atomic mass is 32.1. The molecule has 7 heteroatoms. The van der Waals surface area contributed by atoms with Crippen molar-refractivity contribution in [3.8, 4) is 0 Å². The summed E-state index contributed by atoms with van der Waals surface area (Å²) >= 11 is 1.29. The summed E-state index contributed by atoms with van der Waals surface area (Å²) in [5.41, 5.74) is 0. The first-order chi connectivity index (χ1) is 7.47. The monoisotopic (exact) mass is 243 g/mol. The second kappa shape index (κ2) is 5.55. The number of rotatable bonds is 5. The number of hydrogen-bond acceptors (Lipinski definition) is 5. The third-order valence-electron chi connectivity index (χ3n) is 1.83. The number of anilines is 1. The highest BCUT2D eigenvalue weighted by Gasteiger charge is 2.13. The van der Waals surface area contributed by atoms with Crippen LogP contribution in [0.15, 0.2) is 0 Å². The SMILES string of the molecule is Cc1nnc(NC(=O)CC(C)CC(=O)O)s1. The van der Waals surface area contributed by atoms with Crippen LogP contribution < -0.4 is 5.32 Å². The van der Waals surface area contributed by atoms with Gasteiger partial charge in [-0.3, -0.25) is 9.59 Å². The number of carboxylic acids is 1. The summed E-state index contributed by atoms with van der Waals surface area (Å²) in [4.78, 5) is 21.8. The van der Waals surface area contributed by atoms with Crippen LogP contribution in [0, 0.1) is 12.8 Å². The lowest BCUT2D eigenvalue weighted by Gasteiger charge is -2.06. The third kappa shape index (κ3) is 4.35. The molecule has 0 radical (unpaired) electrons. The third-order valence-corrected chi connectivity index (χ3v) is 2.58. The number of aryl methyl sites for hydroxylation is 1. The Morgan fingerprint density at radius 3 is 2.62 bits per heavy atom. The molecule has 1 atom stereocenters. The highest BCUT2D eigenvalue weighted by Crippen LogP contribution is 2.15. The van der Waals surface area contributed by atoms with E-state index in [1.165, 1.54) is 11.3 Å². The first-order valence-corrected chi connectivity index (χ1v) is 5.60. The van der Waals surface area contributed by atoms with Crippen molar-refractivity contribution in [1.82, 2.24) is 10.2 Å². The molecule has 1 heterocycles. The van der Waals surface area contributed by atoms with E-state index in [2.05, 4.69) is 15.5 Å². The van der Waals surface area contributed by atoms with E-state index in [0.29, 0.717) is 5.13 Å². The molecule has 2 N–H and O–H groups in total. The molecule has 0 aliphatic rings. The number of hydrogen-bond donors (Lipinski definition) is 2. The van der Waals surface area contributed by atoms with Crippen LogP contribution in [0.2, 0.25) is 0 Å². The smallest absolute Gasteiger partial charge is 0.303 e. The van der Waals surface area contributed by atoms with Crippen molar-refractivity contribution in [1.29, 1.82) is 0 Å². The van der Waals surface area contributed by atoms with Crippen LogP contribution >= 0.6 is 11.3 Å². The molecule has 0 fully saturated rings. The van der Waals surface area contributed by atoms with E-state index in [-0.39, 0.29) is 24.7 Å². The lowest BCUT2D eigenvalue weighted by atomic mass is 10.0. The molecule has 88 valence electrons. The average molecular weight is 243 g/mol. The van der Waals surface area contributed by atoms with Gasteiger partial charge in [-0.2, -0.15) is 0 Å². The second-order valence-electron chi connectivity index (χ2n) is 3.58. The highest BCUT2D eigenvalue weighted by molar-refractivity contribution is 7.15. The Bertz CT molecular complexity index is 391. The van der Waals surface area contributed by atoms with Crippen molar-refractivity contribution < 1.29 is 14.7 Å². The van der Waals surface area contributed by atoms with Gasteiger partial charge in [-0.15, -0.1) is 10.2 Å². The van der Waals surface area contributed by atoms with Crippen LogP contribution in [-0.2, 0) is 9.59 Å². The van der Waals surface area contributed by atoms with Crippen LogP contribution in [-0.4, -0.2) is 27.2 Å². The molecule has 1 aromatic rings. The maximum atomic E-state index is 11.4. The number of nitrogens with one attached hydrogen (secondary N) is 1. The van der Waals surface area contributed by atoms with Crippen molar-refractivity contribution in [3.63, 3.8) is 0 Å². The van der Waals surface area contributed by atoms with E-state index in [9.17, 15) is 9.59 Å². The van der Waals surface area contributed by atoms with Crippen molar-refractivity contribution in [3.05, 3.63) is 5.01 Å². The van der Waals surface area contributed by atoms with Crippen molar-refractivity contribution in [2.24, 2.45) is 5.92 Å². The van der Waals surface area contributed by atoms with Gasteiger partial charge in [-0.1, -0.05) is 18.3 Å². The lowest BCUT2D eigenvalue weighted by Crippen LogP contribution is -2.16. The molecule has 0 aromatic carbocycles. The van der Waals surface area contributed by atoms with E-state index >= 15 is 0 Å². The topological polar surface area (TPSA) is 92.2 Å². The minimum atomic E-state index is -0.896. The van der Waals surface area contributed by atoms with Crippen molar-refractivity contribution in [2.75, 3.05) is 5.32 Å². The number of carbonyl (C=O) groups is 2. The molecule has 1 amide bonds. The van der Waals surface area contributed by atoms with Crippen LogP contribution in [0.5, 0.6) is 0 Å². The zero-order valence-corrected chi connectivity index (χ0v) is 9.87. The fourth-order valence-corrected chi connectivity index (χ4v) is 1.81. The molecule has 1 rings (SSSR count). The summed E-state index contributed by atoms with van der Waals surface area (Å²) in [6, 6.07) is 0. The Balaban J connectivity index is 2.38. The zero-order valence-electron chi connectivity index (χ0n) is 9.06. The van der Waals surface area contributed by atoms with E-state index in [1.807, 2.05) is 0 Å². The molecule has 0 bridgehead atoms. The minimum absolute atomic E-state index is 0.0113. The molecule has 16 heavy (non-hydrogen) atoms. The molecule has 0 saturated carbocycles. The number of carbonyl (C=O) groups excluding carboxylic acids is 1. The van der Waals surface area contributed by atoms with Gasteiger partial charge in [0.2, 0.25) is 11.0 Å². The Morgan fingerprint density at radius 1 is 1.44 bits per heavy atom. The number of aliphatic carboxylic acids is 1. The molecule has 0 saturated heterocycles. The largest absolute Gasteiger partial charge is 0.481 e. The summed E-state index contributed by atoms with van der Waals surface area (Å²) in [7, 11) is 0. The quantitative estimate of drug-likeness (QED) is 0.812. The van der Waals surface area contributed by atoms with E-state index in [4.69, 9.17) is 5.11 Å². The Labute approximate surface area is 96.7 Å². The number of nitrogens with zero attached hydrogens (tertiary/aromatic N) is 2. The Kier molecular flexibility index (Phi) is 4.36. The molecule has 0 aliphatic carbocycles. The Hall–Kier alpha value is -1.50. The number of amides is 1. The zero-order chi connectivity index (χ0) is 12.1. The fourth-order valence-electron chi connectivity index (χ4n) is 1.20. The predicted molar refractivity (Wildman–Crippen MR) is 59.3 cm³/mol. The second-order valence-corrected chi connectivity index (χ2v) is 4.76. The van der Waals surface area contributed by atoms with Gasteiger partial charge in [0, 0.05) is 12.8 Å². The van der Waals surface area contributed by atoms with Crippen molar-refractivity contribution in [2.45, 2.75) is 26.7 Å². The van der Waals surface area contributed by atoms with Gasteiger partial charge in [0.1, 0.15) is 5.01 Å². The number of aromatic nitrogens is 2. The molecular weight excluding hydrogens is 230 g/mol. The normalized spacial score (nSPS) is 12.1. The molecule has 1 aromatic heterocycles. The molecule has 6 nitrogen and oxygen atoms in total. The van der Waals surface area contributed by atoms with Crippen molar-refractivity contribution >= 4 is 28.3 Å². The summed E-state index contributed by atoms with van der Waals surface area (Å²) in [6.07, 6.45) is 0.160. The maximum absolute atomic E-state index is 11.4. The van der Waals surface area contributed by atoms with E-state index < -0.39 is 5.97 Å². The average Bonchev–Trinajstić information content (AvgIpc) is 2.48. The van der Waals surface area contributed by atoms with Gasteiger partial charge in [0.15, 0.2) is 0 Å². The summed E-state index contributed by atoms with van der Waals surface area (Å²) in [5.74, 6) is -1.32. The first kappa shape index (κ1) is 12.6. The molecule has 0 spiro atoms. The van der Waals surface area contributed by atoms with Gasteiger partial charge >= 0.3 is 5.97 Å². The van der Waals surface area contributed by atoms with E-state index in [0.717, 1.165) is 5.01 Å². The summed E-state index contributed by atoms with van der Waals surface area (Å²) in [5, 5.41) is 19.8. The minimum Gasteiger partial charge on any atom is -0.481 e. The van der Waals surface area contributed by atoms with Gasteiger partial charge in [0.05, 0.1) is 0 Å². The van der Waals surface area contributed by atoms with Crippen LogP contribution in [0.3, 0.4) is 0 Å². The van der Waals surface area contributed by atoms with Crippen LogP contribution in [0.25, 0.3) is 0 Å². The number of carboxylic acid groups (broad SMARTS) is 1.